The molecule has 2 aromatic heterocycles. The monoisotopic (exact) mass is 244 g/mol. The lowest BCUT2D eigenvalue weighted by Crippen LogP contribution is -2.25. The lowest BCUT2D eigenvalue weighted by molar-refractivity contribution is 0.0919. The minimum atomic E-state index is -0.322. The van der Waals surface area contributed by atoms with Gasteiger partial charge in [0, 0.05) is 23.5 Å². The Hall–Kier alpha value is -2.27. The third-order valence-corrected chi connectivity index (χ3v) is 2.79. The molecule has 0 saturated carbocycles. The van der Waals surface area contributed by atoms with Gasteiger partial charge in [-0.2, -0.15) is 0 Å². The SMILES string of the molecule is O=C(NCCO)c1cc2[nH]c3ccccc3c2o1. The summed E-state index contributed by atoms with van der Waals surface area (Å²) >= 11 is 0. The lowest BCUT2D eigenvalue weighted by atomic mass is 10.2. The van der Waals surface area contributed by atoms with Crippen molar-refractivity contribution in [3.05, 3.63) is 36.1 Å². The van der Waals surface area contributed by atoms with Gasteiger partial charge in [-0.15, -0.1) is 0 Å². The molecular weight excluding hydrogens is 232 g/mol. The Bertz CT molecular complexity index is 711. The zero-order chi connectivity index (χ0) is 12.5. The second-order valence-electron chi connectivity index (χ2n) is 4.00. The molecule has 0 aliphatic rings. The highest BCUT2D eigenvalue weighted by Crippen LogP contribution is 2.27. The number of hydrogen-bond donors (Lipinski definition) is 3. The van der Waals surface area contributed by atoms with E-state index in [0.717, 1.165) is 16.4 Å². The third kappa shape index (κ3) is 1.65. The number of rotatable bonds is 3. The molecule has 5 heteroatoms. The summed E-state index contributed by atoms with van der Waals surface area (Å²) in [6.45, 7) is 0.126. The van der Waals surface area contributed by atoms with Crippen molar-refractivity contribution in [1.29, 1.82) is 0 Å². The van der Waals surface area contributed by atoms with E-state index < -0.39 is 0 Å². The largest absolute Gasteiger partial charge is 0.449 e. The molecule has 1 aromatic carbocycles. The fourth-order valence-corrected chi connectivity index (χ4v) is 1.99. The molecule has 0 unspecified atom stereocenters. The zero-order valence-electron chi connectivity index (χ0n) is 9.56. The minimum Gasteiger partial charge on any atom is -0.449 e. The van der Waals surface area contributed by atoms with Crippen LogP contribution in [0.25, 0.3) is 22.0 Å². The van der Waals surface area contributed by atoms with Crippen LogP contribution in [-0.2, 0) is 0 Å². The van der Waals surface area contributed by atoms with Gasteiger partial charge in [-0.05, 0) is 12.1 Å². The van der Waals surface area contributed by atoms with Crippen LogP contribution in [-0.4, -0.2) is 29.1 Å². The van der Waals surface area contributed by atoms with Crippen LogP contribution in [0.5, 0.6) is 0 Å². The van der Waals surface area contributed by atoms with Gasteiger partial charge in [0.1, 0.15) is 0 Å². The highest BCUT2D eigenvalue weighted by atomic mass is 16.3. The van der Waals surface area contributed by atoms with Gasteiger partial charge in [0.15, 0.2) is 11.3 Å². The maximum Gasteiger partial charge on any atom is 0.287 e. The summed E-state index contributed by atoms with van der Waals surface area (Å²) in [5, 5.41) is 12.2. The van der Waals surface area contributed by atoms with Crippen molar-refractivity contribution in [2.24, 2.45) is 0 Å². The molecule has 0 fully saturated rings. The van der Waals surface area contributed by atoms with Crippen molar-refractivity contribution in [2.45, 2.75) is 0 Å². The Labute approximate surface area is 102 Å². The van der Waals surface area contributed by atoms with Gasteiger partial charge < -0.3 is 19.8 Å². The lowest BCUT2D eigenvalue weighted by Gasteiger charge is -1.98. The van der Waals surface area contributed by atoms with E-state index in [-0.39, 0.29) is 24.8 Å². The van der Waals surface area contributed by atoms with Crippen molar-refractivity contribution in [2.75, 3.05) is 13.2 Å². The molecule has 18 heavy (non-hydrogen) atoms. The van der Waals surface area contributed by atoms with Crippen molar-refractivity contribution in [3.8, 4) is 0 Å². The number of furan rings is 1. The Kier molecular flexibility index (Phi) is 2.53. The van der Waals surface area contributed by atoms with E-state index in [1.165, 1.54) is 0 Å². The summed E-state index contributed by atoms with van der Waals surface area (Å²) < 4.78 is 5.56. The number of aromatic amines is 1. The first kappa shape index (κ1) is 10.9. The van der Waals surface area contributed by atoms with Crippen LogP contribution in [0.3, 0.4) is 0 Å². The Morgan fingerprint density at radius 2 is 2.17 bits per heavy atom. The number of hydrogen-bond acceptors (Lipinski definition) is 3. The van der Waals surface area contributed by atoms with Crippen LogP contribution in [0.2, 0.25) is 0 Å². The number of aromatic nitrogens is 1. The summed E-state index contributed by atoms with van der Waals surface area (Å²) in [5.74, 6) is -0.0758. The van der Waals surface area contributed by atoms with Gasteiger partial charge in [-0.1, -0.05) is 12.1 Å². The summed E-state index contributed by atoms with van der Waals surface area (Å²) in [5.41, 5.74) is 2.46. The molecule has 3 N–H and O–H groups in total. The van der Waals surface area contributed by atoms with E-state index in [1.807, 2.05) is 24.3 Å². The first-order valence-corrected chi connectivity index (χ1v) is 5.69. The molecular formula is C13H12N2O3. The van der Waals surface area contributed by atoms with Crippen LogP contribution < -0.4 is 5.32 Å². The molecule has 0 radical (unpaired) electrons. The fraction of sp³-hybridized carbons (Fsp3) is 0.154. The van der Waals surface area contributed by atoms with Crippen LogP contribution in [0.15, 0.2) is 34.7 Å². The smallest absolute Gasteiger partial charge is 0.287 e. The quantitative estimate of drug-likeness (QED) is 0.655. The molecule has 0 aliphatic carbocycles. The van der Waals surface area contributed by atoms with Crippen molar-refractivity contribution in [1.82, 2.24) is 10.3 Å². The predicted octanol–water partition coefficient (Wildman–Crippen LogP) is 1.64. The van der Waals surface area contributed by atoms with Crippen molar-refractivity contribution < 1.29 is 14.3 Å². The maximum absolute atomic E-state index is 11.7. The Morgan fingerprint density at radius 1 is 1.33 bits per heavy atom. The number of aliphatic hydroxyl groups is 1. The topological polar surface area (TPSA) is 78.3 Å². The molecule has 0 bridgehead atoms. The number of para-hydroxylation sites is 1. The number of aliphatic hydroxyl groups excluding tert-OH is 1. The van der Waals surface area contributed by atoms with Crippen LogP contribution in [0, 0.1) is 0 Å². The number of amides is 1. The van der Waals surface area contributed by atoms with Crippen LogP contribution >= 0.6 is 0 Å². The summed E-state index contributed by atoms with van der Waals surface area (Å²) in [7, 11) is 0. The molecule has 0 aliphatic heterocycles. The second kappa shape index (κ2) is 4.19. The number of nitrogens with one attached hydrogen (secondary N) is 2. The van der Waals surface area contributed by atoms with E-state index >= 15 is 0 Å². The average Bonchev–Trinajstić information content (AvgIpc) is 2.93. The molecule has 92 valence electrons. The normalized spacial score (nSPS) is 11.2. The van der Waals surface area contributed by atoms with Crippen molar-refractivity contribution >= 4 is 27.9 Å². The van der Waals surface area contributed by atoms with Gasteiger partial charge in [0.2, 0.25) is 0 Å². The molecule has 3 aromatic rings. The van der Waals surface area contributed by atoms with Gasteiger partial charge in [-0.3, -0.25) is 4.79 Å². The molecule has 1 amide bonds. The van der Waals surface area contributed by atoms with Gasteiger partial charge in [-0.25, -0.2) is 0 Å². The first-order chi connectivity index (χ1) is 8.79. The van der Waals surface area contributed by atoms with E-state index in [1.54, 1.807) is 6.07 Å². The zero-order valence-corrected chi connectivity index (χ0v) is 9.56. The highest BCUT2D eigenvalue weighted by molar-refractivity contribution is 6.06. The molecule has 0 spiro atoms. The highest BCUT2D eigenvalue weighted by Gasteiger charge is 2.14. The second-order valence-corrected chi connectivity index (χ2v) is 4.00. The summed E-state index contributed by atoms with van der Waals surface area (Å²) in [4.78, 5) is 14.9. The summed E-state index contributed by atoms with van der Waals surface area (Å²) in [6, 6.07) is 9.42. The minimum absolute atomic E-state index is 0.0900. The van der Waals surface area contributed by atoms with Gasteiger partial charge in [0.25, 0.3) is 5.91 Å². The van der Waals surface area contributed by atoms with Crippen molar-refractivity contribution in [3.63, 3.8) is 0 Å². The van der Waals surface area contributed by atoms with Crippen LogP contribution in [0.1, 0.15) is 10.6 Å². The number of carbonyl (C=O) groups is 1. The Morgan fingerprint density at radius 3 is 3.00 bits per heavy atom. The van der Waals surface area contributed by atoms with Crippen LogP contribution in [0.4, 0.5) is 0 Å². The predicted molar refractivity (Wildman–Crippen MR) is 67.5 cm³/mol. The number of fused-ring (bicyclic) bond motifs is 3. The molecule has 0 saturated heterocycles. The number of benzene rings is 1. The first-order valence-electron chi connectivity index (χ1n) is 5.69. The average molecular weight is 244 g/mol. The van der Waals surface area contributed by atoms with Gasteiger partial charge in [0.05, 0.1) is 12.1 Å². The standard InChI is InChI=1S/C13H12N2O3/c16-6-5-14-13(17)11-7-10-12(18-11)8-3-1-2-4-9(8)15-10/h1-4,7,15-16H,5-6H2,(H,14,17). The molecule has 0 atom stereocenters. The number of H-pyrrole nitrogens is 1. The fourth-order valence-electron chi connectivity index (χ4n) is 1.99. The molecule has 2 heterocycles. The van der Waals surface area contributed by atoms with E-state index in [0.29, 0.717) is 5.58 Å². The van der Waals surface area contributed by atoms with Gasteiger partial charge >= 0.3 is 0 Å². The third-order valence-electron chi connectivity index (χ3n) is 2.79. The number of carbonyl (C=O) groups excluding carboxylic acids is 1. The summed E-state index contributed by atoms with van der Waals surface area (Å²) in [6.07, 6.45) is 0. The Balaban J connectivity index is 2.04. The van der Waals surface area contributed by atoms with E-state index in [2.05, 4.69) is 10.3 Å². The molecule has 5 nitrogen and oxygen atoms in total. The van der Waals surface area contributed by atoms with E-state index in [9.17, 15) is 4.79 Å². The maximum atomic E-state index is 11.7. The molecule has 3 rings (SSSR count). The van der Waals surface area contributed by atoms with E-state index in [4.69, 9.17) is 9.52 Å².